The summed E-state index contributed by atoms with van der Waals surface area (Å²) < 4.78 is 33.5. The van der Waals surface area contributed by atoms with Crippen molar-refractivity contribution >= 4 is 10.1 Å². The minimum absolute atomic E-state index is 0. The van der Waals surface area contributed by atoms with Crippen molar-refractivity contribution in [1.29, 1.82) is 0 Å². The van der Waals surface area contributed by atoms with Gasteiger partial charge in [-0.15, -0.1) is 0 Å². The fourth-order valence-corrected chi connectivity index (χ4v) is 3.68. The molecule has 0 heterocycles. The molecule has 0 aliphatic rings. The molecule has 0 radical (unpaired) electrons. The second-order valence-corrected chi connectivity index (χ2v) is 8.10. The Bertz CT molecular complexity index is 360. The molecule has 23 heavy (non-hydrogen) atoms. The molecule has 0 spiro atoms. The van der Waals surface area contributed by atoms with Gasteiger partial charge in [0.15, 0.2) is 4.93 Å². The molecule has 0 amide bonds. The number of hydrogen-bond acceptors (Lipinski definition) is 4. The summed E-state index contributed by atoms with van der Waals surface area (Å²) in [5.74, 6) is 0. The largest absolute Gasteiger partial charge is 1.00 e. The zero-order chi connectivity index (χ0) is 16.9. The first-order chi connectivity index (χ1) is 10.4. The topological polar surface area (TPSA) is 77.4 Å². The van der Waals surface area contributed by atoms with Crippen molar-refractivity contribution < 1.29 is 47.6 Å². The SMILES string of the molecule is CCCCCCCCCCCCCC(O)(CCC)S(=O)(=O)[O-].[Na+]. The predicted molar refractivity (Wildman–Crippen MR) is 90.6 cm³/mol. The summed E-state index contributed by atoms with van der Waals surface area (Å²) in [5.41, 5.74) is 0. The molecule has 1 N–H and O–H groups in total. The summed E-state index contributed by atoms with van der Waals surface area (Å²) in [5, 5.41) is 9.99. The maximum absolute atomic E-state index is 11.2. The molecule has 0 saturated carbocycles. The Balaban J connectivity index is 0. The summed E-state index contributed by atoms with van der Waals surface area (Å²) in [6, 6.07) is 0. The average molecular weight is 359 g/mol. The Hall–Kier alpha value is 0.870. The van der Waals surface area contributed by atoms with Crippen LogP contribution in [0.5, 0.6) is 0 Å². The predicted octanol–water partition coefficient (Wildman–Crippen LogP) is 1.73. The summed E-state index contributed by atoms with van der Waals surface area (Å²) in [7, 11) is -4.63. The molecular weight excluding hydrogens is 323 g/mol. The molecule has 6 heteroatoms. The van der Waals surface area contributed by atoms with Crippen LogP contribution in [-0.4, -0.2) is 23.0 Å². The minimum atomic E-state index is -4.63. The van der Waals surface area contributed by atoms with E-state index >= 15 is 0 Å². The molecule has 0 fully saturated rings. The normalized spacial score (nSPS) is 14.3. The van der Waals surface area contributed by atoms with Crippen molar-refractivity contribution in [2.75, 3.05) is 0 Å². The van der Waals surface area contributed by atoms with Crippen LogP contribution in [0.4, 0.5) is 0 Å². The van der Waals surface area contributed by atoms with Crippen LogP contribution in [-0.2, 0) is 10.1 Å². The molecule has 0 aliphatic heterocycles. The molecule has 0 bridgehead atoms. The summed E-state index contributed by atoms with van der Waals surface area (Å²) in [6.07, 6.45) is 13.4. The van der Waals surface area contributed by atoms with Crippen LogP contribution in [0.15, 0.2) is 0 Å². The van der Waals surface area contributed by atoms with Gasteiger partial charge in [-0.3, -0.25) is 0 Å². The summed E-state index contributed by atoms with van der Waals surface area (Å²) in [6.45, 7) is 4.00. The van der Waals surface area contributed by atoms with Gasteiger partial charge in [-0.25, -0.2) is 8.42 Å². The Labute approximate surface area is 165 Å². The van der Waals surface area contributed by atoms with Crippen molar-refractivity contribution in [2.45, 2.75) is 109 Å². The van der Waals surface area contributed by atoms with E-state index in [2.05, 4.69) is 6.92 Å². The molecular formula is C17H35NaO4S. The molecule has 134 valence electrons. The standard InChI is InChI=1S/C17H36O4S.Na/c1-3-5-6-7-8-9-10-11-12-13-14-16-17(18,15-4-2)22(19,20)21;/h18H,3-16H2,1-2H3,(H,19,20,21);/q;+1/p-1. The molecule has 1 unspecified atom stereocenters. The van der Waals surface area contributed by atoms with E-state index in [1.807, 2.05) is 0 Å². The van der Waals surface area contributed by atoms with E-state index in [4.69, 9.17) is 0 Å². The van der Waals surface area contributed by atoms with Crippen molar-refractivity contribution in [1.82, 2.24) is 0 Å². The van der Waals surface area contributed by atoms with Gasteiger partial charge in [0, 0.05) is 0 Å². The van der Waals surface area contributed by atoms with E-state index in [1.165, 1.54) is 44.9 Å². The van der Waals surface area contributed by atoms with Crippen molar-refractivity contribution in [3.63, 3.8) is 0 Å². The fourth-order valence-electron chi connectivity index (χ4n) is 2.83. The van der Waals surface area contributed by atoms with E-state index in [0.717, 1.165) is 19.3 Å². The first-order valence-electron chi connectivity index (χ1n) is 9.05. The smallest absolute Gasteiger partial charge is 0.746 e. The van der Waals surface area contributed by atoms with Crippen LogP contribution in [0.2, 0.25) is 0 Å². The van der Waals surface area contributed by atoms with Crippen LogP contribution in [0.25, 0.3) is 0 Å². The number of unbranched alkanes of at least 4 members (excludes halogenated alkanes) is 10. The van der Waals surface area contributed by atoms with Crippen molar-refractivity contribution in [3.8, 4) is 0 Å². The van der Waals surface area contributed by atoms with Gasteiger partial charge < -0.3 is 9.66 Å². The maximum Gasteiger partial charge on any atom is 1.00 e. The van der Waals surface area contributed by atoms with E-state index in [1.54, 1.807) is 6.92 Å². The number of aliphatic hydroxyl groups is 1. The average Bonchev–Trinajstić information content (AvgIpc) is 2.44. The third-order valence-electron chi connectivity index (χ3n) is 4.28. The maximum atomic E-state index is 11.2. The third kappa shape index (κ3) is 12.8. The fraction of sp³-hybridized carbons (Fsp3) is 1.00. The zero-order valence-corrected chi connectivity index (χ0v) is 18.3. The van der Waals surface area contributed by atoms with Gasteiger partial charge in [0.1, 0.15) is 10.1 Å². The van der Waals surface area contributed by atoms with Crippen LogP contribution < -0.4 is 29.6 Å². The Morgan fingerprint density at radius 3 is 1.48 bits per heavy atom. The first kappa shape index (κ1) is 26.1. The quantitative estimate of drug-likeness (QED) is 0.275. The summed E-state index contributed by atoms with van der Waals surface area (Å²) >= 11 is 0. The first-order valence-corrected chi connectivity index (χ1v) is 10.5. The molecule has 1 atom stereocenters. The second-order valence-electron chi connectivity index (χ2n) is 6.44. The van der Waals surface area contributed by atoms with Gasteiger partial charge >= 0.3 is 29.6 Å². The molecule has 0 aromatic heterocycles. The van der Waals surface area contributed by atoms with Gasteiger partial charge in [0.25, 0.3) is 0 Å². The van der Waals surface area contributed by atoms with Gasteiger partial charge in [-0.1, -0.05) is 84.5 Å². The van der Waals surface area contributed by atoms with Crippen LogP contribution in [0.3, 0.4) is 0 Å². The van der Waals surface area contributed by atoms with Crippen LogP contribution in [0.1, 0.15) is 104 Å². The monoisotopic (exact) mass is 358 g/mol. The van der Waals surface area contributed by atoms with E-state index in [-0.39, 0.29) is 42.4 Å². The van der Waals surface area contributed by atoms with Crippen LogP contribution >= 0.6 is 0 Å². The molecule has 0 aliphatic carbocycles. The Morgan fingerprint density at radius 2 is 1.13 bits per heavy atom. The van der Waals surface area contributed by atoms with Crippen molar-refractivity contribution in [2.24, 2.45) is 0 Å². The molecule has 0 rings (SSSR count). The van der Waals surface area contributed by atoms with Gasteiger partial charge in [-0.2, -0.15) is 0 Å². The number of hydrogen-bond donors (Lipinski definition) is 1. The molecule has 0 aromatic carbocycles. The van der Waals surface area contributed by atoms with Gasteiger partial charge in [0.05, 0.1) is 0 Å². The van der Waals surface area contributed by atoms with Crippen LogP contribution in [0, 0.1) is 0 Å². The Kier molecular flexibility index (Phi) is 17.2. The van der Waals surface area contributed by atoms with Crippen molar-refractivity contribution in [3.05, 3.63) is 0 Å². The van der Waals surface area contributed by atoms with Gasteiger partial charge in [0.2, 0.25) is 0 Å². The minimum Gasteiger partial charge on any atom is -0.746 e. The second kappa shape index (κ2) is 15.2. The molecule has 0 saturated heterocycles. The van der Waals surface area contributed by atoms with E-state index in [0.29, 0.717) is 12.8 Å². The van der Waals surface area contributed by atoms with Gasteiger partial charge in [-0.05, 0) is 19.3 Å². The summed E-state index contributed by atoms with van der Waals surface area (Å²) in [4.78, 5) is -2.05. The number of rotatable bonds is 15. The third-order valence-corrected chi connectivity index (χ3v) is 5.62. The van der Waals surface area contributed by atoms with E-state index < -0.39 is 15.1 Å². The zero-order valence-electron chi connectivity index (χ0n) is 15.5. The Morgan fingerprint density at radius 1 is 0.739 bits per heavy atom. The molecule has 4 nitrogen and oxygen atoms in total. The van der Waals surface area contributed by atoms with E-state index in [9.17, 15) is 18.1 Å². The molecule has 0 aromatic rings.